The maximum absolute atomic E-state index is 12.0. The number of halogens is 1. The van der Waals surface area contributed by atoms with Gasteiger partial charge in [-0.2, -0.15) is 8.62 Å². The lowest BCUT2D eigenvalue weighted by Crippen LogP contribution is -2.34. The number of ether oxygens (including phenoxy) is 1. The summed E-state index contributed by atoms with van der Waals surface area (Å²) in [6.45, 7) is -0.895. The molecule has 1 aliphatic heterocycles. The van der Waals surface area contributed by atoms with Gasteiger partial charge in [0.05, 0.1) is 12.7 Å². The van der Waals surface area contributed by atoms with Gasteiger partial charge in [-0.1, -0.05) is 0 Å². The lowest BCUT2D eigenvalue weighted by atomic mass is 10.2. The number of rotatable bonds is 10. The van der Waals surface area contributed by atoms with Gasteiger partial charge in [-0.05, 0) is 6.42 Å². The van der Waals surface area contributed by atoms with Crippen molar-refractivity contribution in [3.63, 3.8) is 0 Å². The van der Waals surface area contributed by atoms with Crippen LogP contribution in [0, 0.1) is 0 Å². The zero-order valence-corrected chi connectivity index (χ0v) is 18.7. The number of H-pyrrole nitrogens is 1. The Hall–Kier alpha value is -0.700. The van der Waals surface area contributed by atoms with E-state index < -0.39 is 59.8 Å². The lowest BCUT2D eigenvalue weighted by molar-refractivity contribution is -0.0450. The van der Waals surface area contributed by atoms with Crippen LogP contribution in [-0.4, -0.2) is 58.9 Å². The van der Waals surface area contributed by atoms with Gasteiger partial charge in [0.15, 0.2) is 0 Å². The van der Waals surface area contributed by atoms with Crippen molar-refractivity contribution in [1.82, 2.24) is 9.55 Å². The van der Waals surface area contributed by atoms with Crippen LogP contribution in [0.5, 0.6) is 0 Å². The standard InChI is InChI=1S/C11H18ClN2O14P3/c12-2-1-6-4-14(11(17)13-10(6)16)9-3-7(15)8(26-9)5-25-30(21,22)28-31(23,24)27-29(18,19)20/h4,7-9,15H,1-3,5H2,(H,21,22)(H,23,24)(H,13,16,17)(H2,18,19,20)/t7-,8+,9+/m0/s1. The van der Waals surface area contributed by atoms with Crippen LogP contribution in [-0.2, 0) is 38.0 Å². The van der Waals surface area contributed by atoms with Crippen molar-refractivity contribution in [3.05, 3.63) is 32.6 Å². The van der Waals surface area contributed by atoms with Gasteiger partial charge >= 0.3 is 29.2 Å². The Morgan fingerprint density at radius 2 is 1.81 bits per heavy atom. The summed E-state index contributed by atoms with van der Waals surface area (Å²) in [5, 5.41) is 10.1. The van der Waals surface area contributed by atoms with E-state index in [1.165, 1.54) is 6.20 Å². The zero-order chi connectivity index (χ0) is 23.6. The van der Waals surface area contributed by atoms with Gasteiger partial charge in [0.25, 0.3) is 5.56 Å². The van der Waals surface area contributed by atoms with Crippen LogP contribution in [0.4, 0.5) is 0 Å². The number of alkyl halides is 1. The van der Waals surface area contributed by atoms with Crippen molar-refractivity contribution in [1.29, 1.82) is 0 Å². The molecule has 1 aromatic rings. The first-order valence-corrected chi connectivity index (χ1v) is 13.2. The maximum Gasteiger partial charge on any atom is 0.490 e. The molecule has 16 nitrogen and oxygen atoms in total. The molecule has 6 N–H and O–H groups in total. The molecule has 0 radical (unpaired) electrons. The number of aromatic amines is 1. The summed E-state index contributed by atoms with van der Waals surface area (Å²) in [5.74, 6) is 0.0954. The Bertz CT molecular complexity index is 1050. The normalized spacial score (nSPS) is 25.8. The number of aliphatic hydroxyl groups excluding tert-OH is 1. The predicted octanol–water partition coefficient (Wildman–Crippen LogP) is -0.690. The van der Waals surface area contributed by atoms with E-state index in [1.54, 1.807) is 0 Å². The Morgan fingerprint density at radius 3 is 2.39 bits per heavy atom. The van der Waals surface area contributed by atoms with Crippen LogP contribution >= 0.6 is 35.1 Å². The number of nitrogens with one attached hydrogen (secondary N) is 1. The zero-order valence-electron chi connectivity index (χ0n) is 15.2. The number of hydrogen-bond donors (Lipinski definition) is 6. The first-order valence-electron chi connectivity index (χ1n) is 8.14. The van der Waals surface area contributed by atoms with Gasteiger partial charge in [-0.15, -0.1) is 11.6 Å². The van der Waals surface area contributed by atoms with Gasteiger partial charge < -0.3 is 29.4 Å². The highest BCUT2D eigenvalue weighted by atomic mass is 35.5. The van der Waals surface area contributed by atoms with Crippen LogP contribution in [0.2, 0.25) is 0 Å². The lowest BCUT2D eigenvalue weighted by Gasteiger charge is -2.19. The molecule has 5 atom stereocenters. The van der Waals surface area contributed by atoms with Crippen LogP contribution in [0.15, 0.2) is 15.8 Å². The largest absolute Gasteiger partial charge is 0.490 e. The van der Waals surface area contributed by atoms with Crippen molar-refractivity contribution in [3.8, 4) is 0 Å². The fourth-order valence-electron chi connectivity index (χ4n) is 2.53. The van der Waals surface area contributed by atoms with Crippen molar-refractivity contribution in [2.75, 3.05) is 12.5 Å². The van der Waals surface area contributed by atoms with E-state index in [0.717, 1.165) is 4.57 Å². The van der Waals surface area contributed by atoms with E-state index in [2.05, 4.69) is 18.1 Å². The maximum atomic E-state index is 12.0. The molecule has 0 spiro atoms. The third kappa shape index (κ3) is 7.98. The molecule has 1 saturated heterocycles. The average molecular weight is 531 g/mol. The number of aromatic nitrogens is 2. The van der Waals surface area contributed by atoms with E-state index in [-0.39, 0.29) is 24.3 Å². The molecule has 0 aromatic carbocycles. The highest BCUT2D eigenvalue weighted by Gasteiger charge is 2.43. The molecular weight excluding hydrogens is 512 g/mol. The second-order valence-corrected chi connectivity index (χ2v) is 10.9. The molecule has 31 heavy (non-hydrogen) atoms. The summed E-state index contributed by atoms with van der Waals surface area (Å²) in [6.07, 6.45) is -2.65. The van der Waals surface area contributed by atoms with E-state index in [1.807, 2.05) is 0 Å². The number of aryl methyl sites for hydroxylation is 1. The molecule has 2 rings (SSSR count). The van der Waals surface area contributed by atoms with Crippen molar-refractivity contribution >= 4 is 35.1 Å². The monoisotopic (exact) mass is 530 g/mol. The Morgan fingerprint density at radius 1 is 1.16 bits per heavy atom. The first-order chi connectivity index (χ1) is 14.1. The second-order valence-electron chi connectivity index (χ2n) is 6.08. The SMILES string of the molecule is O=c1[nH]c(=O)n([C@H]2C[C@H](O)[C@@H](COP(=O)(O)OP(=O)(O)OP(=O)(O)O)O2)cc1CCCl. The summed E-state index contributed by atoms with van der Waals surface area (Å²) in [6, 6.07) is 0. The fraction of sp³-hybridized carbons (Fsp3) is 0.636. The summed E-state index contributed by atoms with van der Waals surface area (Å²) < 4.78 is 51.5. The molecule has 178 valence electrons. The van der Waals surface area contributed by atoms with Gasteiger partial charge in [0, 0.05) is 24.1 Å². The molecule has 2 heterocycles. The Labute approximate surface area is 177 Å². The number of hydrogen-bond acceptors (Lipinski definition) is 10. The minimum Gasteiger partial charge on any atom is -0.390 e. The summed E-state index contributed by atoms with van der Waals surface area (Å²) in [7, 11) is -16.6. The molecule has 1 fully saturated rings. The van der Waals surface area contributed by atoms with Gasteiger partial charge in [-0.25, -0.2) is 18.5 Å². The molecule has 0 aliphatic carbocycles. The number of aliphatic hydroxyl groups is 1. The third-order valence-electron chi connectivity index (χ3n) is 3.74. The van der Waals surface area contributed by atoms with Crippen LogP contribution in [0.25, 0.3) is 0 Å². The van der Waals surface area contributed by atoms with Crippen LogP contribution in [0.3, 0.4) is 0 Å². The quantitative estimate of drug-likeness (QED) is 0.162. The molecule has 0 amide bonds. The third-order valence-corrected chi connectivity index (χ3v) is 7.73. The minimum atomic E-state index is -5.69. The van der Waals surface area contributed by atoms with E-state index in [0.29, 0.717) is 0 Å². The first kappa shape index (κ1) is 26.6. The molecule has 1 aliphatic rings. The second kappa shape index (κ2) is 10.1. The summed E-state index contributed by atoms with van der Waals surface area (Å²) in [5.41, 5.74) is -1.33. The molecule has 1 aromatic heterocycles. The van der Waals surface area contributed by atoms with Crippen LogP contribution in [0.1, 0.15) is 18.2 Å². The average Bonchev–Trinajstić information content (AvgIpc) is 2.93. The highest BCUT2D eigenvalue weighted by Crippen LogP contribution is 2.66. The summed E-state index contributed by atoms with van der Waals surface area (Å²) >= 11 is 5.59. The molecule has 2 unspecified atom stereocenters. The summed E-state index contributed by atoms with van der Waals surface area (Å²) in [4.78, 5) is 61.3. The molecular formula is C11H18ClN2O14P3. The molecule has 0 bridgehead atoms. The van der Waals surface area contributed by atoms with Crippen molar-refractivity contribution in [2.45, 2.75) is 31.3 Å². The van der Waals surface area contributed by atoms with Crippen molar-refractivity contribution in [2.24, 2.45) is 0 Å². The van der Waals surface area contributed by atoms with E-state index in [9.17, 15) is 33.3 Å². The molecule has 0 saturated carbocycles. The fourth-order valence-corrected chi connectivity index (χ4v) is 5.76. The van der Waals surface area contributed by atoms with E-state index >= 15 is 0 Å². The Kier molecular flexibility index (Phi) is 8.62. The van der Waals surface area contributed by atoms with Crippen molar-refractivity contribution < 1.29 is 56.3 Å². The molecule has 20 heteroatoms. The van der Waals surface area contributed by atoms with E-state index in [4.69, 9.17) is 31.0 Å². The number of phosphoric ester groups is 1. The number of phosphoric acid groups is 3. The minimum absolute atomic E-state index is 0.0954. The number of nitrogens with zero attached hydrogens (tertiary/aromatic N) is 1. The topological polar surface area (TPSA) is 244 Å². The van der Waals surface area contributed by atoms with Gasteiger partial charge in [0.2, 0.25) is 0 Å². The van der Waals surface area contributed by atoms with Gasteiger partial charge in [0.1, 0.15) is 12.3 Å². The Balaban J connectivity index is 2.06. The highest BCUT2D eigenvalue weighted by molar-refractivity contribution is 7.66. The van der Waals surface area contributed by atoms with Crippen LogP contribution < -0.4 is 11.2 Å². The smallest absolute Gasteiger partial charge is 0.390 e. The predicted molar refractivity (Wildman–Crippen MR) is 100 cm³/mol. The van der Waals surface area contributed by atoms with Gasteiger partial charge in [-0.3, -0.25) is 18.9 Å².